The van der Waals surface area contributed by atoms with Crippen LogP contribution in [-0.2, 0) is 16.2 Å². The third kappa shape index (κ3) is 5.84. The molecule has 56 heavy (non-hydrogen) atoms. The lowest BCUT2D eigenvalue weighted by Gasteiger charge is -2.31. The summed E-state index contributed by atoms with van der Waals surface area (Å²) >= 11 is 0. The van der Waals surface area contributed by atoms with Crippen molar-refractivity contribution in [2.75, 3.05) is 4.90 Å². The Labute approximate surface area is 333 Å². The SMILES string of the molecule is CC(C)(C)c1cc(-c2cccc3cccc(-c4ccccc4N(c4cccc5c4-c4ccccc4C5(C)C)c4cccc5ccccc45)c23)cc(C(C)(C)C)c1. The molecular formula is C55H51N. The largest absolute Gasteiger partial charge is 0.309 e. The number of anilines is 3. The molecule has 1 nitrogen and oxygen atoms in total. The van der Waals surface area contributed by atoms with Crippen molar-refractivity contribution in [1.29, 1.82) is 0 Å². The van der Waals surface area contributed by atoms with Crippen LogP contribution in [0.5, 0.6) is 0 Å². The first-order valence-corrected chi connectivity index (χ1v) is 20.1. The molecule has 0 fully saturated rings. The summed E-state index contributed by atoms with van der Waals surface area (Å²) in [6.45, 7) is 18.7. The van der Waals surface area contributed by atoms with E-state index in [1.165, 1.54) is 88.6 Å². The number of benzene rings is 8. The molecule has 8 aromatic carbocycles. The normalized spacial score (nSPS) is 13.5. The van der Waals surface area contributed by atoms with Crippen LogP contribution in [0.15, 0.2) is 164 Å². The molecule has 1 aliphatic rings. The van der Waals surface area contributed by atoms with Crippen molar-refractivity contribution in [1.82, 2.24) is 0 Å². The number of hydrogen-bond acceptors (Lipinski definition) is 1. The quantitative estimate of drug-likeness (QED) is 0.171. The van der Waals surface area contributed by atoms with Crippen LogP contribution in [0.3, 0.4) is 0 Å². The van der Waals surface area contributed by atoms with Gasteiger partial charge in [-0.05, 0) is 89.7 Å². The second kappa shape index (κ2) is 13.1. The van der Waals surface area contributed by atoms with Crippen LogP contribution in [0.1, 0.15) is 77.6 Å². The maximum absolute atomic E-state index is 2.55. The summed E-state index contributed by atoms with van der Waals surface area (Å²) in [6.07, 6.45) is 0. The third-order valence-corrected chi connectivity index (χ3v) is 12.1. The van der Waals surface area contributed by atoms with Gasteiger partial charge in [0.25, 0.3) is 0 Å². The van der Waals surface area contributed by atoms with Crippen LogP contribution in [-0.4, -0.2) is 0 Å². The molecule has 0 heterocycles. The van der Waals surface area contributed by atoms with Crippen molar-refractivity contribution < 1.29 is 0 Å². The van der Waals surface area contributed by atoms with Gasteiger partial charge in [0.05, 0.1) is 17.1 Å². The third-order valence-electron chi connectivity index (χ3n) is 12.1. The molecule has 0 N–H and O–H groups in total. The first kappa shape index (κ1) is 35.8. The molecule has 0 unspecified atom stereocenters. The highest BCUT2D eigenvalue weighted by Crippen LogP contribution is 2.56. The molecule has 0 bridgehead atoms. The highest BCUT2D eigenvalue weighted by molar-refractivity contribution is 6.11. The molecule has 9 rings (SSSR count). The molecule has 8 aromatic rings. The molecule has 0 aromatic heterocycles. The highest BCUT2D eigenvalue weighted by atomic mass is 15.1. The van der Waals surface area contributed by atoms with E-state index in [0.717, 1.165) is 5.69 Å². The molecule has 0 amide bonds. The van der Waals surface area contributed by atoms with Crippen LogP contribution in [0.2, 0.25) is 0 Å². The van der Waals surface area contributed by atoms with Crippen LogP contribution >= 0.6 is 0 Å². The predicted octanol–water partition coefficient (Wildman–Crippen LogP) is 15.7. The van der Waals surface area contributed by atoms with Crippen LogP contribution < -0.4 is 4.90 Å². The van der Waals surface area contributed by atoms with Crippen molar-refractivity contribution in [3.63, 3.8) is 0 Å². The van der Waals surface area contributed by atoms with Gasteiger partial charge in [0.1, 0.15) is 0 Å². The van der Waals surface area contributed by atoms with Crippen LogP contribution in [0.4, 0.5) is 17.1 Å². The first-order valence-electron chi connectivity index (χ1n) is 20.1. The smallest absolute Gasteiger partial charge is 0.0543 e. The highest BCUT2D eigenvalue weighted by Gasteiger charge is 2.38. The second-order valence-electron chi connectivity index (χ2n) is 18.2. The maximum Gasteiger partial charge on any atom is 0.0543 e. The Morgan fingerprint density at radius 3 is 1.64 bits per heavy atom. The zero-order valence-electron chi connectivity index (χ0n) is 34.0. The second-order valence-corrected chi connectivity index (χ2v) is 18.2. The van der Waals surface area contributed by atoms with Crippen molar-refractivity contribution in [3.8, 4) is 33.4 Å². The fraction of sp³-hybridized carbons (Fsp3) is 0.200. The van der Waals surface area contributed by atoms with Gasteiger partial charge >= 0.3 is 0 Å². The van der Waals surface area contributed by atoms with Gasteiger partial charge < -0.3 is 4.90 Å². The van der Waals surface area contributed by atoms with E-state index in [1.807, 2.05) is 0 Å². The Balaban J connectivity index is 1.36. The topological polar surface area (TPSA) is 3.24 Å². The number of rotatable bonds is 5. The lowest BCUT2D eigenvalue weighted by Crippen LogP contribution is -2.16. The fourth-order valence-electron chi connectivity index (χ4n) is 9.07. The zero-order valence-corrected chi connectivity index (χ0v) is 34.0. The van der Waals surface area contributed by atoms with Gasteiger partial charge in [-0.3, -0.25) is 0 Å². The standard InChI is InChI=1S/C55H51N/c1-53(2,3)39-33-38(34-40(35-39)54(4,5)6)42-26-15-21-37-22-16-27-44(51(37)42)43-24-12-14-30-49(43)56(48-31-17-20-36-19-9-10-23-41(36)48)50-32-18-29-47-52(50)45-25-11-13-28-46(45)55(47,7)8/h9-35H,1-8H3. The molecule has 0 radical (unpaired) electrons. The summed E-state index contributed by atoms with van der Waals surface area (Å²) in [4.78, 5) is 2.55. The van der Waals surface area contributed by atoms with Crippen LogP contribution in [0.25, 0.3) is 54.9 Å². The Morgan fingerprint density at radius 2 is 0.911 bits per heavy atom. The predicted molar refractivity (Wildman–Crippen MR) is 242 cm³/mol. The summed E-state index contributed by atoms with van der Waals surface area (Å²) in [5.41, 5.74) is 16.4. The zero-order chi connectivity index (χ0) is 39.0. The van der Waals surface area contributed by atoms with Gasteiger partial charge in [0, 0.05) is 21.9 Å². The van der Waals surface area contributed by atoms with E-state index in [-0.39, 0.29) is 16.2 Å². The minimum atomic E-state index is -0.121. The molecule has 0 spiro atoms. The summed E-state index contributed by atoms with van der Waals surface area (Å²) in [5, 5.41) is 4.96. The summed E-state index contributed by atoms with van der Waals surface area (Å²) in [6, 6.07) is 61.4. The average Bonchev–Trinajstić information content (AvgIpc) is 3.43. The molecule has 276 valence electrons. The van der Waals surface area contributed by atoms with Gasteiger partial charge in [-0.2, -0.15) is 0 Å². The fourth-order valence-corrected chi connectivity index (χ4v) is 9.07. The van der Waals surface area contributed by atoms with Crippen molar-refractivity contribution in [2.45, 2.75) is 71.6 Å². The number of hydrogen-bond donors (Lipinski definition) is 0. The molecule has 0 aliphatic heterocycles. The lowest BCUT2D eigenvalue weighted by atomic mass is 9.78. The van der Waals surface area contributed by atoms with E-state index in [4.69, 9.17) is 0 Å². The molecule has 0 saturated heterocycles. The molecule has 0 saturated carbocycles. The van der Waals surface area contributed by atoms with Gasteiger partial charge in [-0.25, -0.2) is 0 Å². The van der Waals surface area contributed by atoms with E-state index in [1.54, 1.807) is 0 Å². The molecule has 1 aliphatic carbocycles. The van der Waals surface area contributed by atoms with Crippen molar-refractivity contribution in [2.24, 2.45) is 0 Å². The molecule has 1 heteroatoms. The average molecular weight is 726 g/mol. The summed E-state index contributed by atoms with van der Waals surface area (Å²) in [5.74, 6) is 0. The summed E-state index contributed by atoms with van der Waals surface area (Å²) < 4.78 is 0. The van der Waals surface area contributed by atoms with Gasteiger partial charge in [-0.15, -0.1) is 0 Å². The molecular weight excluding hydrogens is 675 g/mol. The summed E-state index contributed by atoms with van der Waals surface area (Å²) in [7, 11) is 0. The number of para-hydroxylation sites is 1. The monoisotopic (exact) mass is 725 g/mol. The van der Waals surface area contributed by atoms with Gasteiger partial charge in [0.2, 0.25) is 0 Å². The number of fused-ring (bicyclic) bond motifs is 5. The molecule has 0 atom stereocenters. The van der Waals surface area contributed by atoms with Crippen molar-refractivity contribution >= 4 is 38.6 Å². The minimum absolute atomic E-state index is 0.0120. The minimum Gasteiger partial charge on any atom is -0.309 e. The van der Waals surface area contributed by atoms with Crippen molar-refractivity contribution in [3.05, 3.63) is 186 Å². The Morgan fingerprint density at radius 1 is 0.411 bits per heavy atom. The van der Waals surface area contributed by atoms with E-state index < -0.39 is 0 Å². The Bertz CT molecular complexity index is 2760. The van der Waals surface area contributed by atoms with Gasteiger partial charge in [0.15, 0.2) is 0 Å². The van der Waals surface area contributed by atoms with Gasteiger partial charge in [-0.1, -0.05) is 201 Å². The van der Waals surface area contributed by atoms with E-state index in [9.17, 15) is 0 Å². The Hall–Kier alpha value is -5.92. The van der Waals surface area contributed by atoms with Crippen LogP contribution in [0, 0.1) is 0 Å². The maximum atomic E-state index is 2.55. The first-order chi connectivity index (χ1) is 26.8. The number of nitrogens with zero attached hydrogens (tertiary/aromatic N) is 1. The lowest BCUT2D eigenvalue weighted by molar-refractivity contribution is 0.569. The Kier molecular flexibility index (Phi) is 8.36. The van der Waals surface area contributed by atoms with E-state index in [0.29, 0.717) is 0 Å². The van der Waals surface area contributed by atoms with E-state index >= 15 is 0 Å². The van der Waals surface area contributed by atoms with E-state index in [2.05, 4.69) is 224 Å².